The van der Waals surface area contributed by atoms with Crippen LogP contribution in [0.2, 0.25) is 0 Å². The van der Waals surface area contributed by atoms with Crippen molar-refractivity contribution in [2.24, 2.45) is 0 Å². The SMILES string of the molecule is C(OCC1CO1)C1CO1.C=C(C)C(=O)NCc1cc(C)ccc1C. The van der Waals surface area contributed by atoms with Crippen LogP contribution in [-0.4, -0.2) is 44.5 Å². The average molecular weight is 333 g/mol. The molecule has 24 heavy (non-hydrogen) atoms. The van der Waals surface area contributed by atoms with Gasteiger partial charge in [-0.25, -0.2) is 0 Å². The second-order valence-corrected chi connectivity index (χ2v) is 6.34. The topological polar surface area (TPSA) is 63.4 Å². The predicted molar refractivity (Wildman–Crippen MR) is 92.9 cm³/mol. The van der Waals surface area contributed by atoms with Crippen LogP contribution in [-0.2, 0) is 25.5 Å². The van der Waals surface area contributed by atoms with Crippen molar-refractivity contribution in [2.75, 3.05) is 26.4 Å². The van der Waals surface area contributed by atoms with Gasteiger partial charge in [-0.05, 0) is 31.9 Å². The molecule has 0 bridgehead atoms. The summed E-state index contributed by atoms with van der Waals surface area (Å²) in [7, 11) is 0. The van der Waals surface area contributed by atoms with Gasteiger partial charge in [-0.2, -0.15) is 0 Å². The van der Waals surface area contributed by atoms with Crippen molar-refractivity contribution in [3.8, 4) is 0 Å². The Morgan fingerprint density at radius 2 is 1.83 bits per heavy atom. The van der Waals surface area contributed by atoms with Gasteiger partial charge in [-0.15, -0.1) is 0 Å². The molecule has 2 heterocycles. The Morgan fingerprint density at radius 1 is 1.25 bits per heavy atom. The number of epoxide rings is 2. The zero-order valence-corrected chi connectivity index (χ0v) is 14.8. The summed E-state index contributed by atoms with van der Waals surface area (Å²) < 4.78 is 15.1. The third-order valence-corrected chi connectivity index (χ3v) is 3.74. The van der Waals surface area contributed by atoms with Crippen LogP contribution in [0.3, 0.4) is 0 Å². The molecule has 0 spiro atoms. The van der Waals surface area contributed by atoms with E-state index in [-0.39, 0.29) is 5.91 Å². The highest BCUT2D eigenvalue weighted by atomic mass is 16.6. The molecule has 0 radical (unpaired) electrons. The summed E-state index contributed by atoms with van der Waals surface area (Å²) in [4.78, 5) is 11.3. The van der Waals surface area contributed by atoms with Crippen molar-refractivity contribution in [3.05, 3.63) is 47.0 Å². The lowest BCUT2D eigenvalue weighted by molar-refractivity contribution is -0.117. The Kier molecular flexibility index (Phi) is 6.97. The van der Waals surface area contributed by atoms with Crippen LogP contribution in [0.1, 0.15) is 23.6 Å². The fourth-order valence-electron chi connectivity index (χ4n) is 1.98. The van der Waals surface area contributed by atoms with Gasteiger partial charge in [-0.1, -0.05) is 30.3 Å². The van der Waals surface area contributed by atoms with Crippen LogP contribution in [0, 0.1) is 13.8 Å². The molecule has 2 fully saturated rings. The predicted octanol–water partition coefficient (Wildman–Crippen LogP) is 2.30. The summed E-state index contributed by atoms with van der Waals surface area (Å²) >= 11 is 0. The molecular weight excluding hydrogens is 306 g/mol. The highest BCUT2D eigenvalue weighted by Crippen LogP contribution is 2.12. The van der Waals surface area contributed by atoms with Crippen molar-refractivity contribution in [1.29, 1.82) is 0 Å². The van der Waals surface area contributed by atoms with Crippen molar-refractivity contribution in [2.45, 2.75) is 39.5 Å². The van der Waals surface area contributed by atoms with Gasteiger partial charge in [0.05, 0.1) is 26.4 Å². The lowest BCUT2D eigenvalue weighted by Crippen LogP contribution is -2.23. The van der Waals surface area contributed by atoms with Crippen LogP contribution < -0.4 is 5.32 Å². The number of amides is 1. The highest BCUT2D eigenvalue weighted by Gasteiger charge is 2.26. The fraction of sp³-hybridized carbons (Fsp3) is 0.526. The maximum absolute atomic E-state index is 11.3. The molecular formula is C19H27NO4. The number of hydrogen-bond donors (Lipinski definition) is 1. The number of carbonyl (C=O) groups is 1. The lowest BCUT2D eigenvalue weighted by Gasteiger charge is -2.08. The van der Waals surface area contributed by atoms with E-state index in [0.717, 1.165) is 32.0 Å². The first-order valence-corrected chi connectivity index (χ1v) is 8.26. The van der Waals surface area contributed by atoms with E-state index in [0.29, 0.717) is 24.3 Å². The van der Waals surface area contributed by atoms with Gasteiger partial charge in [0.1, 0.15) is 12.2 Å². The second kappa shape index (κ2) is 8.97. The molecule has 2 unspecified atom stereocenters. The molecule has 5 heteroatoms. The molecule has 2 atom stereocenters. The van der Waals surface area contributed by atoms with E-state index in [4.69, 9.17) is 14.2 Å². The average Bonchev–Trinajstić information content (AvgIpc) is 3.43. The number of hydrogen-bond acceptors (Lipinski definition) is 4. The van der Waals surface area contributed by atoms with Crippen LogP contribution in [0.25, 0.3) is 0 Å². The molecule has 0 aromatic heterocycles. The number of rotatable bonds is 7. The molecule has 2 aliphatic heterocycles. The molecule has 1 N–H and O–H groups in total. The van der Waals surface area contributed by atoms with Crippen molar-refractivity contribution in [1.82, 2.24) is 5.32 Å². The monoisotopic (exact) mass is 333 g/mol. The van der Waals surface area contributed by atoms with E-state index in [1.54, 1.807) is 6.92 Å². The number of benzene rings is 1. The minimum Gasteiger partial charge on any atom is -0.376 e. The van der Waals surface area contributed by atoms with E-state index >= 15 is 0 Å². The quantitative estimate of drug-likeness (QED) is 0.614. The van der Waals surface area contributed by atoms with Gasteiger partial charge in [0.2, 0.25) is 5.91 Å². The molecule has 1 aromatic carbocycles. The molecule has 2 aliphatic rings. The summed E-state index contributed by atoms with van der Waals surface area (Å²) in [6, 6.07) is 6.23. The number of carbonyl (C=O) groups excluding carboxylic acids is 1. The summed E-state index contributed by atoms with van der Waals surface area (Å²) in [5.41, 5.74) is 4.10. The fourth-order valence-corrected chi connectivity index (χ4v) is 1.98. The van der Waals surface area contributed by atoms with Gasteiger partial charge in [0.25, 0.3) is 0 Å². The largest absolute Gasteiger partial charge is 0.376 e. The normalized spacial score (nSPS) is 20.6. The molecule has 3 rings (SSSR count). The molecule has 5 nitrogen and oxygen atoms in total. The van der Waals surface area contributed by atoms with Gasteiger partial charge >= 0.3 is 0 Å². The van der Waals surface area contributed by atoms with E-state index in [9.17, 15) is 4.79 Å². The van der Waals surface area contributed by atoms with Gasteiger partial charge < -0.3 is 19.5 Å². The summed E-state index contributed by atoms with van der Waals surface area (Å²) in [6.07, 6.45) is 0.785. The zero-order chi connectivity index (χ0) is 17.5. The third-order valence-electron chi connectivity index (χ3n) is 3.74. The number of aryl methyl sites for hydroxylation is 2. The van der Waals surface area contributed by atoms with Crippen molar-refractivity contribution in [3.63, 3.8) is 0 Å². The third kappa shape index (κ3) is 7.25. The molecule has 132 valence electrons. The lowest BCUT2D eigenvalue weighted by atomic mass is 10.1. The summed E-state index contributed by atoms with van der Waals surface area (Å²) in [5, 5.41) is 2.83. The second-order valence-electron chi connectivity index (χ2n) is 6.34. The molecule has 0 saturated carbocycles. The van der Waals surface area contributed by atoms with E-state index < -0.39 is 0 Å². The Balaban J connectivity index is 0.000000194. The Bertz CT molecular complexity index is 565. The van der Waals surface area contributed by atoms with Crippen molar-refractivity contribution >= 4 is 5.91 Å². The number of nitrogens with one attached hydrogen (secondary N) is 1. The summed E-state index contributed by atoms with van der Waals surface area (Å²) in [6.45, 7) is 13.2. The maximum Gasteiger partial charge on any atom is 0.246 e. The number of ether oxygens (including phenoxy) is 3. The first-order valence-electron chi connectivity index (χ1n) is 8.26. The summed E-state index contributed by atoms with van der Waals surface area (Å²) in [5.74, 6) is -0.0871. The minimum absolute atomic E-state index is 0.0871. The van der Waals surface area contributed by atoms with E-state index in [1.807, 2.05) is 13.8 Å². The standard InChI is InChI=1S/C13H17NO.C6H10O3/c1-9(2)13(15)14-8-12-7-10(3)5-6-11(12)4;1(5-3-8-5)7-2-6-4-9-6/h5-7H,1,8H2,2-4H3,(H,14,15);5-6H,1-4H2. The molecule has 1 amide bonds. The Morgan fingerprint density at radius 3 is 2.33 bits per heavy atom. The minimum atomic E-state index is -0.0871. The highest BCUT2D eigenvalue weighted by molar-refractivity contribution is 5.92. The Labute approximate surface area is 144 Å². The van der Waals surface area contributed by atoms with Crippen molar-refractivity contribution < 1.29 is 19.0 Å². The van der Waals surface area contributed by atoms with Gasteiger partial charge in [0, 0.05) is 12.1 Å². The molecule has 0 aliphatic carbocycles. The van der Waals surface area contributed by atoms with Gasteiger partial charge in [-0.3, -0.25) is 4.79 Å². The Hall–Kier alpha value is -1.69. The van der Waals surface area contributed by atoms with Crippen LogP contribution in [0.15, 0.2) is 30.4 Å². The van der Waals surface area contributed by atoms with E-state index in [1.165, 1.54) is 11.1 Å². The first-order chi connectivity index (χ1) is 11.5. The van der Waals surface area contributed by atoms with Gasteiger partial charge in [0.15, 0.2) is 0 Å². The van der Waals surface area contributed by atoms with Crippen LogP contribution >= 0.6 is 0 Å². The molecule has 1 aromatic rings. The maximum atomic E-state index is 11.3. The smallest absolute Gasteiger partial charge is 0.246 e. The molecule has 2 saturated heterocycles. The van der Waals surface area contributed by atoms with Crippen LogP contribution in [0.4, 0.5) is 0 Å². The van der Waals surface area contributed by atoms with Crippen LogP contribution in [0.5, 0.6) is 0 Å². The van der Waals surface area contributed by atoms with E-state index in [2.05, 4.69) is 30.1 Å². The zero-order valence-electron chi connectivity index (χ0n) is 14.8. The first kappa shape index (κ1) is 18.6.